The van der Waals surface area contributed by atoms with Gasteiger partial charge >= 0.3 is 5.97 Å². The van der Waals surface area contributed by atoms with Gasteiger partial charge in [0.1, 0.15) is 0 Å². The quantitative estimate of drug-likeness (QED) is 0.636. The van der Waals surface area contributed by atoms with Gasteiger partial charge < -0.3 is 15.7 Å². The molecule has 1 aliphatic rings. The first-order valence-electron chi connectivity index (χ1n) is 5.67. The molecule has 1 saturated heterocycles. The zero-order valence-electron chi connectivity index (χ0n) is 9.99. The van der Waals surface area contributed by atoms with Crippen molar-refractivity contribution in [3.8, 4) is 0 Å². The van der Waals surface area contributed by atoms with Crippen molar-refractivity contribution in [1.82, 2.24) is 10.6 Å². The zero-order valence-corrected chi connectivity index (χ0v) is 9.99. The lowest BCUT2D eigenvalue weighted by molar-refractivity contribution is -0.142. The standard InChI is InChI=1S/C11H20N2O3/c1-6-4-12-5-9(6)10(14)13-8(3)7(2)11(15)16/h6-9,12H,4-5H2,1-3H3,(H,13,14)(H,15,16). The molecule has 1 heterocycles. The molecule has 5 nitrogen and oxygen atoms in total. The molecule has 3 N–H and O–H groups in total. The SMILES string of the molecule is CC1CNCC1C(=O)NC(C)C(C)C(=O)O. The van der Waals surface area contributed by atoms with Crippen LogP contribution in [0.1, 0.15) is 20.8 Å². The predicted molar refractivity (Wildman–Crippen MR) is 59.9 cm³/mol. The maximum absolute atomic E-state index is 11.8. The minimum absolute atomic E-state index is 0.0385. The largest absolute Gasteiger partial charge is 0.481 e. The molecule has 4 unspecified atom stereocenters. The van der Waals surface area contributed by atoms with Crippen LogP contribution in [0.4, 0.5) is 0 Å². The van der Waals surface area contributed by atoms with Crippen molar-refractivity contribution in [2.24, 2.45) is 17.8 Å². The summed E-state index contributed by atoms with van der Waals surface area (Å²) in [7, 11) is 0. The minimum atomic E-state index is -0.884. The molecule has 0 aromatic carbocycles. The number of nitrogens with one attached hydrogen (secondary N) is 2. The van der Waals surface area contributed by atoms with Gasteiger partial charge in [-0.1, -0.05) is 6.92 Å². The van der Waals surface area contributed by atoms with E-state index < -0.39 is 11.9 Å². The fourth-order valence-corrected chi connectivity index (χ4v) is 1.83. The molecule has 16 heavy (non-hydrogen) atoms. The predicted octanol–water partition coefficient (Wildman–Crippen LogP) is 0.0673. The molecule has 0 aliphatic carbocycles. The second-order valence-electron chi connectivity index (χ2n) is 4.67. The average molecular weight is 228 g/mol. The van der Waals surface area contributed by atoms with Crippen LogP contribution in [-0.4, -0.2) is 36.1 Å². The van der Waals surface area contributed by atoms with Gasteiger partial charge in [0.05, 0.1) is 11.8 Å². The molecular formula is C11H20N2O3. The van der Waals surface area contributed by atoms with Gasteiger partial charge in [-0.2, -0.15) is 0 Å². The number of amides is 1. The number of carboxylic acid groups (broad SMARTS) is 1. The molecule has 92 valence electrons. The molecule has 0 saturated carbocycles. The monoisotopic (exact) mass is 228 g/mol. The van der Waals surface area contributed by atoms with E-state index in [1.54, 1.807) is 13.8 Å². The van der Waals surface area contributed by atoms with E-state index in [-0.39, 0.29) is 17.9 Å². The van der Waals surface area contributed by atoms with E-state index >= 15 is 0 Å². The zero-order chi connectivity index (χ0) is 12.3. The van der Waals surface area contributed by atoms with Crippen LogP contribution >= 0.6 is 0 Å². The minimum Gasteiger partial charge on any atom is -0.481 e. The molecule has 0 bridgehead atoms. The van der Waals surface area contributed by atoms with Crippen LogP contribution in [0.3, 0.4) is 0 Å². The molecule has 4 atom stereocenters. The highest BCUT2D eigenvalue weighted by Gasteiger charge is 2.31. The van der Waals surface area contributed by atoms with Crippen LogP contribution in [0.5, 0.6) is 0 Å². The first-order valence-corrected chi connectivity index (χ1v) is 5.67. The highest BCUT2D eigenvalue weighted by atomic mass is 16.4. The Bertz CT molecular complexity index is 280. The van der Waals surface area contributed by atoms with Gasteiger partial charge in [0.15, 0.2) is 0 Å². The average Bonchev–Trinajstić information content (AvgIpc) is 2.62. The summed E-state index contributed by atoms with van der Waals surface area (Å²) in [5.74, 6) is -1.21. The van der Waals surface area contributed by atoms with Crippen molar-refractivity contribution in [2.75, 3.05) is 13.1 Å². The number of carbonyl (C=O) groups excluding carboxylic acids is 1. The Labute approximate surface area is 95.6 Å². The van der Waals surface area contributed by atoms with Gasteiger partial charge in [-0.05, 0) is 26.3 Å². The molecule has 1 rings (SSSR count). The lowest BCUT2D eigenvalue weighted by atomic mass is 9.96. The molecule has 1 aliphatic heterocycles. The number of rotatable bonds is 4. The maximum Gasteiger partial charge on any atom is 0.308 e. The molecule has 0 spiro atoms. The van der Waals surface area contributed by atoms with E-state index in [0.29, 0.717) is 12.5 Å². The Balaban J connectivity index is 2.47. The summed E-state index contributed by atoms with van der Waals surface area (Å²) in [6, 6.07) is -0.335. The van der Waals surface area contributed by atoms with Crippen LogP contribution in [0.15, 0.2) is 0 Å². The lowest BCUT2D eigenvalue weighted by Crippen LogP contribution is -2.44. The Morgan fingerprint density at radius 2 is 2.00 bits per heavy atom. The Morgan fingerprint density at radius 3 is 2.44 bits per heavy atom. The summed E-state index contributed by atoms with van der Waals surface area (Å²) in [5, 5.41) is 14.7. The summed E-state index contributed by atoms with van der Waals surface area (Å²) in [5.41, 5.74) is 0. The third-order valence-corrected chi connectivity index (χ3v) is 3.36. The molecular weight excluding hydrogens is 208 g/mol. The summed E-state index contributed by atoms with van der Waals surface area (Å²) < 4.78 is 0. The van der Waals surface area contributed by atoms with E-state index in [1.165, 1.54) is 0 Å². The summed E-state index contributed by atoms with van der Waals surface area (Å²) in [4.78, 5) is 22.6. The smallest absolute Gasteiger partial charge is 0.308 e. The van der Waals surface area contributed by atoms with E-state index in [9.17, 15) is 9.59 Å². The second-order valence-corrected chi connectivity index (χ2v) is 4.67. The summed E-state index contributed by atoms with van der Waals surface area (Å²) >= 11 is 0. The molecule has 1 amide bonds. The first kappa shape index (κ1) is 13.0. The second kappa shape index (κ2) is 5.30. The van der Waals surface area contributed by atoms with Crippen molar-refractivity contribution in [1.29, 1.82) is 0 Å². The van der Waals surface area contributed by atoms with Crippen molar-refractivity contribution < 1.29 is 14.7 Å². The fourth-order valence-electron chi connectivity index (χ4n) is 1.83. The lowest BCUT2D eigenvalue weighted by Gasteiger charge is -2.21. The third kappa shape index (κ3) is 2.95. The molecule has 1 fully saturated rings. The summed E-state index contributed by atoms with van der Waals surface area (Å²) in [6.45, 7) is 6.88. The van der Waals surface area contributed by atoms with E-state index in [4.69, 9.17) is 5.11 Å². The Morgan fingerprint density at radius 1 is 1.38 bits per heavy atom. The normalized spacial score (nSPS) is 28.4. The van der Waals surface area contributed by atoms with E-state index in [2.05, 4.69) is 10.6 Å². The fraction of sp³-hybridized carbons (Fsp3) is 0.818. The number of hydrogen-bond donors (Lipinski definition) is 3. The number of carboxylic acids is 1. The van der Waals surface area contributed by atoms with E-state index in [1.807, 2.05) is 6.92 Å². The van der Waals surface area contributed by atoms with Crippen LogP contribution in [0.2, 0.25) is 0 Å². The van der Waals surface area contributed by atoms with Crippen molar-refractivity contribution in [3.05, 3.63) is 0 Å². The highest BCUT2D eigenvalue weighted by molar-refractivity contribution is 5.81. The number of aliphatic carboxylic acids is 1. The molecule has 0 aromatic rings. The van der Waals surface area contributed by atoms with Gasteiger partial charge in [-0.3, -0.25) is 9.59 Å². The van der Waals surface area contributed by atoms with Crippen LogP contribution in [-0.2, 0) is 9.59 Å². The van der Waals surface area contributed by atoms with Gasteiger partial charge in [0.2, 0.25) is 5.91 Å². The van der Waals surface area contributed by atoms with Crippen LogP contribution in [0, 0.1) is 17.8 Å². The Hall–Kier alpha value is -1.10. The van der Waals surface area contributed by atoms with Crippen LogP contribution in [0.25, 0.3) is 0 Å². The molecule has 0 radical (unpaired) electrons. The first-order chi connectivity index (χ1) is 7.43. The summed E-state index contributed by atoms with van der Waals surface area (Å²) in [6.07, 6.45) is 0. The van der Waals surface area contributed by atoms with E-state index in [0.717, 1.165) is 6.54 Å². The Kier molecular flexibility index (Phi) is 4.29. The number of carbonyl (C=O) groups is 2. The third-order valence-electron chi connectivity index (χ3n) is 3.36. The maximum atomic E-state index is 11.8. The van der Waals surface area contributed by atoms with Gasteiger partial charge in [0, 0.05) is 12.6 Å². The molecule has 0 aromatic heterocycles. The van der Waals surface area contributed by atoms with Gasteiger partial charge in [0.25, 0.3) is 0 Å². The van der Waals surface area contributed by atoms with Crippen molar-refractivity contribution in [3.63, 3.8) is 0 Å². The highest BCUT2D eigenvalue weighted by Crippen LogP contribution is 2.16. The topological polar surface area (TPSA) is 78.4 Å². The molecule has 5 heteroatoms. The van der Waals surface area contributed by atoms with Crippen molar-refractivity contribution >= 4 is 11.9 Å². The van der Waals surface area contributed by atoms with Gasteiger partial charge in [-0.25, -0.2) is 0 Å². The number of hydrogen-bond acceptors (Lipinski definition) is 3. The van der Waals surface area contributed by atoms with Gasteiger partial charge in [-0.15, -0.1) is 0 Å². The van der Waals surface area contributed by atoms with Crippen molar-refractivity contribution in [2.45, 2.75) is 26.8 Å². The van der Waals surface area contributed by atoms with Crippen LogP contribution < -0.4 is 10.6 Å².